The summed E-state index contributed by atoms with van der Waals surface area (Å²) in [5.74, 6) is -0.504. The lowest BCUT2D eigenvalue weighted by Gasteiger charge is -2.49. The quantitative estimate of drug-likeness (QED) is 0.826. The van der Waals surface area contributed by atoms with Crippen molar-refractivity contribution < 1.29 is 17.6 Å². The van der Waals surface area contributed by atoms with E-state index in [1.54, 1.807) is 0 Å². The van der Waals surface area contributed by atoms with Crippen LogP contribution in [0, 0.1) is 5.82 Å². The van der Waals surface area contributed by atoms with Crippen LogP contribution in [-0.2, 0) is 21.4 Å². The smallest absolute Gasteiger partial charge is 0.243 e. The number of amides is 1. The van der Waals surface area contributed by atoms with Crippen molar-refractivity contribution in [1.29, 1.82) is 0 Å². The zero-order valence-electron chi connectivity index (χ0n) is 16.1. The third kappa shape index (κ3) is 3.80. The Morgan fingerprint density at radius 2 is 1.62 bits per heavy atom. The first-order valence-corrected chi connectivity index (χ1v) is 11.2. The molecule has 6 nitrogen and oxygen atoms in total. The summed E-state index contributed by atoms with van der Waals surface area (Å²) in [4.78, 5) is 15.1. The molecule has 1 amide bonds. The van der Waals surface area contributed by atoms with Crippen LogP contribution in [0.4, 0.5) is 4.39 Å². The second kappa shape index (κ2) is 7.85. The summed E-state index contributed by atoms with van der Waals surface area (Å²) >= 11 is 0. The van der Waals surface area contributed by atoms with Gasteiger partial charge in [-0.1, -0.05) is 30.3 Å². The van der Waals surface area contributed by atoms with Crippen molar-refractivity contribution in [3.63, 3.8) is 0 Å². The molecule has 29 heavy (non-hydrogen) atoms. The highest BCUT2D eigenvalue weighted by molar-refractivity contribution is 7.89. The standard InChI is InChI=1S/C21H24FN3O3S/c22-18-6-8-19(9-7-18)29(27,28)25-13-10-21(11-14-25)20(26)23-12-15-24(21)16-17-4-2-1-3-5-17/h1-9H,10-16H2,(H,23,26). The molecule has 8 heteroatoms. The van der Waals surface area contributed by atoms with Crippen molar-refractivity contribution in [3.8, 4) is 0 Å². The van der Waals surface area contributed by atoms with Gasteiger partial charge in [0.25, 0.3) is 0 Å². The van der Waals surface area contributed by atoms with Crippen molar-refractivity contribution in [2.24, 2.45) is 0 Å². The Balaban J connectivity index is 1.53. The normalized spacial score (nSPS) is 20.5. The molecular formula is C21H24FN3O3S. The molecule has 2 heterocycles. The number of piperidine rings is 1. The maximum Gasteiger partial charge on any atom is 0.243 e. The van der Waals surface area contributed by atoms with Gasteiger partial charge in [-0.25, -0.2) is 12.8 Å². The number of benzene rings is 2. The number of nitrogens with zero attached hydrogens (tertiary/aromatic N) is 2. The highest BCUT2D eigenvalue weighted by atomic mass is 32.2. The van der Waals surface area contributed by atoms with Crippen LogP contribution in [0.3, 0.4) is 0 Å². The molecular weight excluding hydrogens is 393 g/mol. The average molecular weight is 418 g/mol. The number of hydrogen-bond donors (Lipinski definition) is 1. The number of rotatable bonds is 4. The van der Waals surface area contributed by atoms with E-state index in [0.717, 1.165) is 24.2 Å². The number of carbonyl (C=O) groups is 1. The minimum atomic E-state index is -3.71. The van der Waals surface area contributed by atoms with Crippen LogP contribution in [-0.4, -0.2) is 55.2 Å². The van der Waals surface area contributed by atoms with Crippen molar-refractivity contribution >= 4 is 15.9 Å². The monoisotopic (exact) mass is 417 g/mol. The Kier molecular flexibility index (Phi) is 5.42. The first kappa shape index (κ1) is 20.0. The van der Waals surface area contributed by atoms with E-state index in [-0.39, 0.29) is 23.9 Å². The average Bonchev–Trinajstić information content (AvgIpc) is 2.73. The van der Waals surface area contributed by atoms with Gasteiger partial charge in [0.1, 0.15) is 11.4 Å². The zero-order chi connectivity index (χ0) is 20.5. The second-order valence-corrected chi connectivity index (χ2v) is 9.49. The molecule has 0 saturated carbocycles. The molecule has 1 N–H and O–H groups in total. The number of carbonyl (C=O) groups excluding carboxylic acids is 1. The predicted molar refractivity (Wildman–Crippen MR) is 107 cm³/mol. The number of halogens is 1. The lowest BCUT2D eigenvalue weighted by molar-refractivity contribution is -0.141. The van der Waals surface area contributed by atoms with Gasteiger partial charge in [0, 0.05) is 32.7 Å². The number of piperazine rings is 1. The molecule has 0 aliphatic carbocycles. The van der Waals surface area contributed by atoms with Crippen LogP contribution in [0.2, 0.25) is 0 Å². The van der Waals surface area contributed by atoms with Gasteiger partial charge < -0.3 is 5.32 Å². The molecule has 0 atom stereocenters. The van der Waals surface area contributed by atoms with Gasteiger partial charge in [0.2, 0.25) is 15.9 Å². The molecule has 2 aliphatic heterocycles. The summed E-state index contributed by atoms with van der Waals surface area (Å²) in [6.07, 6.45) is 0.845. The molecule has 154 valence electrons. The van der Waals surface area contributed by atoms with Crippen LogP contribution in [0.15, 0.2) is 59.5 Å². The Bertz CT molecular complexity index is 972. The number of nitrogens with one attached hydrogen (secondary N) is 1. The van der Waals surface area contributed by atoms with E-state index in [9.17, 15) is 17.6 Å². The molecule has 1 spiro atoms. The van der Waals surface area contributed by atoms with E-state index < -0.39 is 21.4 Å². The molecule has 2 aliphatic rings. The molecule has 2 fully saturated rings. The summed E-state index contributed by atoms with van der Waals surface area (Å²) in [7, 11) is -3.71. The lowest BCUT2D eigenvalue weighted by Crippen LogP contribution is -2.67. The second-order valence-electron chi connectivity index (χ2n) is 7.55. The van der Waals surface area contributed by atoms with Gasteiger partial charge in [-0.15, -0.1) is 0 Å². The molecule has 4 rings (SSSR count). The van der Waals surface area contributed by atoms with E-state index in [1.165, 1.54) is 16.4 Å². The molecule has 0 radical (unpaired) electrons. The fourth-order valence-electron chi connectivity index (χ4n) is 4.26. The van der Waals surface area contributed by atoms with Gasteiger partial charge in [-0.2, -0.15) is 4.31 Å². The summed E-state index contributed by atoms with van der Waals surface area (Å²) in [6.45, 7) is 2.46. The van der Waals surface area contributed by atoms with E-state index in [1.807, 2.05) is 30.3 Å². The summed E-state index contributed by atoms with van der Waals surface area (Å²) in [5, 5.41) is 2.96. The van der Waals surface area contributed by atoms with Crippen molar-refractivity contribution in [3.05, 3.63) is 66.0 Å². The minimum absolute atomic E-state index is 0.0292. The number of hydrogen-bond acceptors (Lipinski definition) is 4. The molecule has 2 aromatic carbocycles. The molecule has 0 aromatic heterocycles. The highest BCUT2D eigenvalue weighted by Gasteiger charge is 2.49. The number of sulfonamides is 1. The van der Waals surface area contributed by atoms with E-state index in [4.69, 9.17) is 0 Å². The zero-order valence-corrected chi connectivity index (χ0v) is 16.9. The maximum atomic E-state index is 13.2. The third-order valence-corrected chi connectivity index (χ3v) is 7.83. The first-order chi connectivity index (χ1) is 13.9. The lowest BCUT2D eigenvalue weighted by atomic mass is 9.83. The Labute approximate surface area is 170 Å². The fraction of sp³-hybridized carbons (Fsp3) is 0.381. The molecule has 0 unspecified atom stereocenters. The van der Waals surface area contributed by atoms with Crippen LogP contribution >= 0.6 is 0 Å². The Morgan fingerprint density at radius 3 is 2.28 bits per heavy atom. The first-order valence-electron chi connectivity index (χ1n) is 9.75. The fourth-order valence-corrected chi connectivity index (χ4v) is 5.70. The van der Waals surface area contributed by atoms with Gasteiger partial charge >= 0.3 is 0 Å². The topological polar surface area (TPSA) is 69.7 Å². The van der Waals surface area contributed by atoms with Crippen LogP contribution in [0.5, 0.6) is 0 Å². The summed E-state index contributed by atoms with van der Waals surface area (Å²) in [5.41, 5.74) is 0.422. The van der Waals surface area contributed by atoms with Crippen molar-refractivity contribution in [2.45, 2.75) is 29.8 Å². The van der Waals surface area contributed by atoms with Crippen LogP contribution in [0.1, 0.15) is 18.4 Å². The van der Waals surface area contributed by atoms with Crippen molar-refractivity contribution in [1.82, 2.24) is 14.5 Å². The minimum Gasteiger partial charge on any atom is -0.353 e. The van der Waals surface area contributed by atoms with Crippen LogP contribution in [0.25, 0.3) is 0 Å². The van der Waals surface area contributed by atoms with Gasteiger partial charge in [0.05, 0.1) is 4.90 Å². The van der Waals surface area contributed by atoms with E-state index in [0.29, 0.717) is 25.9 Å². The molecule has 0 bridgehead atoms. The van der Waals surface area contributed by atoms with Crippen molar-refractivity contribution in [2.75, 3.05) is 26.2 Å². The maximum absolute atomic E-state index is 13.2. The molecule has 2 saturated heterocycles. The largest absolute Gasteiger partial charge is 0.353 e. The van der Waals surface area contributed by atoms with Gasteiger partial charge in [-0.05, 0) is 42.7 Å². The Morgan fingerprint density at radius 1 is 0.966 bits per heavy atom. The summed E-state index contributed by atoms with van der Waals surface area (Å²) < 4.78 is 40.4. The third-order valence-electron chi connectivity index (χ3n) is 5.91. The highest BCUT2D eigenvalue weighted by Crippen LogP contribution is 2.34. The molecule has 2 aromatic rings. The predicted octanol–water partition coefficient (Wildman–Crippen LogP) is 1.98. The van der Waals surface area contributed by atoms with Crippen LogP contribution < -0.4 is 5.32 Å². The van der Waals surface area contributed by atoms with Gasteiger partial charge in [-0.3, -0.25) is 9.69 Å². The Hall–Kier alpha value is -2.29. The van der Waals surface area contributed by atoms with E-state index in [2.05, 4.69) is 10.2 Å². The van der Waals surface area contributed by atoms with Gasteiger partial charge in [0.15, 0.2) is 0 Å². The van der Waals surface area contributed by atoms with E-state index >= 15 is 0 Å². The summed E-state index contributed by atoms with van der Waals surface area (Å²) in [6, 6.07) is 14.8. The SMILES string of the molecule is O=C1NCCN(Cc2ccccc2)C12CCN(S(=O)(=O)c1ccc(F)cc1)CC2.